The molecule has 1 saturated heterocycles. The lowest BCUT2D eigenvalue weighted by Crippen LogP contribution is -2.49. The minimum Gasteiger partial charge on any atom is -0.374 e. The van der Waals surface area contributed by atoms with Crippen LogP contribution in [0.1, 0.15) is 13.8 Å². The third-order valence-corrected chi connectivity index (χ3v) is 3.01. The summed E-state index contributed by atoms with van der Waals surface area (Å²) < 4.78 is 5.75. The Morgan fingerprint density at radius 1 is 1.44 bits per heavy atom. The second kappa shape index (κ2) is 7.22. The van der Waals surface area contributed by atoms with E-state index in [1.807, 2.05) is 0 Å². The first-order valence-corrected chi connectivity index (χ1v) is 6.30. The van der Waals surface area contributed by atoms with Crippen LogP contribution in [0.25, 0.3) is 0 Å². The lowest BCUT2D eigenvalue weighted by molar-refractivity contribution is -0.0371. The van der Waals surface area contributed by atoms with Gasteiger partial charge in [-0.15, -0.1) is 0 Å². The zero-order valence-corrected chi connectivity index (χ0v) is 11.2. The van der Waals surface area contributed by atoms with Crippen molar-refractivity contribution in [3.8, 4) is 0 Å². The minimum atomic E-state index is 0.360. The van der Waals surface area contributed by atoms with Crippen molar-refractivity contribution < 1.29 is 4.74 Å². The zero-order valence-electron chi connectivity index (χ0n) is 11.2. The highest BCUT2D eigenvalue weighted by Gasteiger charge is 2.21. The van der Waals surface area contributed by atoms with Crippen molar-refractivity contribution in [1.29, 1.82) is 0 Å². The topological polar surface area (TPSA) is 27.7 Å². The first-order chi connectivity index (χ1) is 7.59. The van der Waals surface area contributed by atoms with Crippen LogP contribution in [0.2, 0.25) is 0 Å². The van der Waals surface area contributed by atoms with Crippen molar-refractivity contribution in [1.82, 2.24) is 15.1 Å². The van der Waals surface area contributed by atoms with E-state index in [-0.39, 0.29) is 0 Å². The van der Waals surface area contributed by atoms with Gasteiger partial charge in [0.1, 0.15) is 0 Å². The number of nitrogens with one attached hydrogen (secondary N) is 1. The number of morpholine rings is 1. The van der Waals surface area contributed by atoms with Crippen LogP contribution in [-0.4, -0.2) is 75.4 Å². The summed E-state index contributed by atoms with van der Waals surface area (Å²) in [5, 5.41) is 3.45. The highest BCUT2D eigenvalue weighted by molar-refractivity contribution is 4.75. The Bertz CT molecular complexity index is 185. The predicted molar refractivity (Wildman–Crippen MR) is 67.9 cm³/mol. The smallest absolute Gasteiger partial charge is 0.0826 e. The van der Waals surface area contributed by atoms with Gasteiger partial charge in [-0.3, -0.25) is 4.90 Å². The van der Waals surface area contributed by atoms with E-state index >= 15 is 0 Å². The summed E-state index contributed by atoms with van der Waals surface area (Å²) in [6.07, 6.45) is 0.360. The third kappa shape index (κ3) is 5.25. The lowest BCUT2D eigenvalue weighted by Gasteiger charge is -2.35. The molecule has 0 saturated carbocycles. The highest BCUT2D eigenvalue weighted by atomic mass is 16.5. The molecule has 1 unspecified atom stereocenters. The average molecular weight is 229 g/mol. The van der Waals surface area contributed by atoms with Gasteiger partial charge in [-0.05, 0) is 27.9 Å². The van der Waals surface area contributed by atoms with Crippen molar-refractivity contribution in [3.63, 3.8) is 0 Å². The molecule has 0 aromatic rings. The molecule has 0 aromatic carbocycles. The Morgan fingerprint density at radius 2 is 2.19 bits per heavy atom. The molecule has 96 valence electrons. The van der Waals surface area contributed by atoms with Gasteiger partial charge in [0.15, 0.2) is 0 Å². The molecule has 4 heteroatoms. The molecular weight excluding hydrogens is 202 g/mol. The number of rotatable bonds is 6. The Hall–Kier alpha value is -0.160. The number of nitrogens with zero attached hydrogens (tertiary/aromatic N) is 2. The summed E-state index contributed by atoms with van der Waals surface area (Å²) in [6.45, 7) is 10.6. The Kier molecular flexibility index (Phi) is 6.28. The highest BCUT2D eigenvalue weighted by Crippen LogP contribution is 2.07. The molecule has 0 bridgehead atoms. The van der Waals surface area contributed by atoms with Gasteiger partial charge in [0, 0.05) is 38.8 Å². The molecule has 0 radical (unpaired) electrons. The lowest BCUT2D eigenvalue weighted by atomic mass is 10.2. The molecule has 1 atom stereocenters. The van der Waals surface area contributed by atoms with Crippen LogP contribution in [0.15, 0.2) is 0 Å². The molecule has 0 amide bonds. The fourth-order valence-electron chi connectivity index (χ4n) is 1.90. The van der Waals surface area contributed by atoms with Crippen molar-refractivity contribution in [2.75, 3.05) is 53.4 Å². The quantitative estimate of drug-likeness (QED) is 0.661. The first kappa shape index (κ1) is 13.9. The van der Waals surface area contributed by atoms with Gasteiger partial charge in [0.05, 0.1) is 12.7 Å². The van der Waals surface area contributed by atoms with Crippen molar-refractivity contribution in [2.24, 2.45) is 0 Å². The van der Waals surface area contributed by atoms with E-state index in [9.17, 15) is 0 Å². The van der Waals surface area contributed by atoms with Crippen molar-refractivity contribution in [2.45, 2.75) is 26.0 Å². The Balaban J connectivity index is 2.12. The summed E-state index contributed by atoms with van der Waals surface area (Å²) >= 11 is 0. The molecule has 1 heterocycles. The van der Waals surface area contributed by atoms with Gasteiger partial charge >= 0.3 is 0 Å². The summed E-state index contributed by atoms with van der Waals surface area (Å²) in [5.41, 5.74) is 0. The van der Waals surface area contributed by atoms with E-state index in [1.54, 1.807) is 0 Å². The molecular formula is C12H27N3O. The van der Waals surface area contributed by atoms with Crippen LogP contribution < -0.4 is 5.32 Å². The van der Waals surface area contributed by atoms with Crippen LogP contribution in [0.5, 0.6) is 0 Å². The van der Waals surface area contributed by atoms with Crippen LogP contribution in [-0.2, 0) is 4.74 Å². The van der Waals surface area contributed by atoms with Gasteiger partial charge in [-0.1, -0.05) is 0 Å². The molecule has 4 nitrogen and oxygen atoms in total. The van der Waals surface area contributed by atoms with Crippen LogP contribution in [0, 0.1) is 0 Å². The van der Waals surface area contributed by atoms with Crippen LogP contribution in [0.3, 0.4) is 0 Å². The predicted octanol–water partition coefficient (Wildman–Crippen LogP) is 0.247. The van der Waals surface area contributed by atoms with E-state index in [2.05, 4.69) is 43.1 Å². The maximum Gasteiger partial charge on any atom is 0.0826 e. The summed E-state index contributed by atoms with van der Waals surface area (Å²) in [7, 11) is 4.19. The van der Waals surface area contributed by atoms with Crippen LogP contribution in [0.4, 0.5) is 0 Å². The molecule has 1 aliphatic heterocycles. The number of likely N-dealkylation sites (N-methyl/N-ethyl adjacent to an activating group) is 1. The molecule has 0 aromatic heterocycles. The summed E-state index contributed by atoms with van der Waals surface area (Å²) in [6, 6.07) is 0.633. The normalized spacial score (nSPS) is 23.2. The molecule has 1 aliphatic rings. The Labute approximate surface area is 99.9 Å². The number of ether oxygens (including phenoxy) is 1. The Morgan fingerprint density at radius 3 is 2.81 bits per heavy atom. The van der Waals surface area contributed by atoms with Crippen LogP contribution >= 0.6 is 0 Å². The first-order valence-electron chi connectivity index (χ1n) is 6.30. The second-order valence-corrected chi connectivity index (χ2v) is 5.09. The molecule has 0 spiro atoms. The summed E-state index contributed by atoms with van der Waals surface area (Å²) in [5.74, 6) is 0. The maximum atomic E-state index is 5.75. The van der Waals surface area contributed by atoms with E-state index < -0.39 is 0 Å². The second-order valence-electron chi connectivity index (χ2n) is 5.09. The standard InChI is InChI=1S/C12H27N3O/c1-11(2)15-7-8-16-12(10-15)9-13-5-6-14(3)4/h11-13H,5-10H2,1-4H3. The largest absolute Gasteiger partial charge is 0.374 e. The van der Waals surface area contributed by atoms with Crippen molar-refractivity contribution >= 4 is 0 Å². The fraction of sp³-hybridized carbons (Fsp3) is 1.00. The zero-order chi connectivity index (χ0) is 12.0. The van der Waals surface area contributed by atoms with E-state index in [1.165, 1.54) is 0 Å². The number of hydrogen-bond donors (Lipinski definition) is 1. The monoisotopic (exact) mass is 229 g/mol. The molecule has 1 rings (SSSR count). The van der Waals surface area contributed by atoms with Gasteiger partial charge in [0.25, 0.3) is 0 Å². The fourth-order valence-corrected chi connectivity index (χ4v) is 1.90. The van der Waals surface area contributed by atoms with E-state index in [0.717, 1.165) is 39.3 Å². The number of hydrogen-bond acceptors (Lipinski definition) is 4. The van der Waals surface area contributed by atoms with Gasteiger partial charge in [0.2, 0.25) is 0 Å². The molecule has 0 aliphatic carbocycles. The maximum absolute atomic E-state index is 5.75. The average Bonchev–Trinajstić information content (AvgIpc) is 2.24. The molecule has 1 fully saturated rings. The van der Waals surface area contributed by atoms with Gasteiger partial charge in [-0.2, -0.15) is 0 Å². The summed E-state index contributed by atoms with van der Waals surface area (Å²) in [4.78, 5) is 4.68. The third-order valence-electron chi connectivity index (χ3n) is 3.01. The van der Waals surface area contributed by atoms with E-state index in [0.29, 0.717) is 12.1 Å². The SMILES string of the molecule is CC(C)N1CCOC(CNCCN(C)C)C1. The minimum absolute atomic E-state index is 0.360. The van der Waals surface area contributed by atoms with Crippen molar-refractivity contribution in [3.05, 3.63) is 0 Å². The van der Waals surface area contributed by atoms with Gasteiger partial charge < -0.3 is 15.0 Å². The van der Waals surface area contributed by atoms with E-state index in [4.69, 9.17) is 4.74 Å². The van der Waals surface area contributed by atoms with Gasteiger partial charge in [-0.25, -0.2) is 0 Å². The molecule has 1 N–H and O–H groups in total. The molecule has 16 heavy (non-hydrogen) atoms.